The number of aryl methyl sites for hydroxylation is 1. The molecule has 0 radical (unpaired) electrons. The van der Waals surface area contributed by atoms with E-state index < -0.39 is 17.8 Å². The van der Waals surface area contributed by atoms with Crippen molar-refractivity contribution in [1.29, 1.82) is 0 Å². The molecule has 8 heteroatoms. The van der Waals surface area contributed by atoms with E-state index in [1.807, 2.05) is 0 Å². The Morgan fingerprint density at radius 3 is 2.43 bits per heavy atom. The van der Waals surface area contributed by atoms with Crippen LogP contribution in [0.15, 0.2) is 40.3 Å². The van der Waals surface area contributed by atoms with Gasteiger partial charge in [-0.2, -0.15) is 13.2 Å². The highest BCUT2D eigenvalue weighted by molar-refractivity contribution is 7.99. The van der Waals surface area contributed by atoms with Gasteiger partial charge in [0, 0.05) is 4.90 Å². The van der Waals surface area contributed by atoms with Gasteiger partial charge in [0.2, 0.25) is 0 Å². The van der Waals surface area contributed by atoms with E-state index in [1.54, 1.807) is 19.1 Å². The molecule has 110 valence electrons. The molecule has 0 unspecified atom stereocenters. The number of carbonyl (C=O) groups is 1. The SMILES string of the molecule is Cc1ccc(Sc2ccc(C(F)(F)F)nn2)cc1C(=O)O. The van der Waals surface area contributed by atoms with Crippen molar-refractivity contribution in [3.05, 3.63) is 47.2 Å². The number of carboxylic acid groups (broad SMARTS) is 1. The quantitative estimate of drug-likeness (QED) is 0.937. The summed E-state index contributed by atoms with van der Waals surface area (Å²) in [4.78, 5) is 11.6. The molecule has 0 fully saturated rings. The molecular formula is C13H9F3N2O2S. The molecule has 0 amide bonds. The van der Waals surface area contributed by atoms with E-state index in [2.05, 4.69) is 10.2 Å². The second-order valence-electron chi connectivity index (χ2n) is 4.14. The lowest BCUT2D eigenvalue weighted by Crippen LogP contribution is -2.08. The van der Waals surface area contributed by atoms with E-state index in [0.717, 1.165) is 17.8 Å². The average Bonchev–Trinajstić information content (AvgIpc) is 2.40. The fourth-order valence-corrected chi connectivity index (χ4v) is 2.31. The second kappa shape index (κ2) is 5.72. The summed E-state index contributed by atoms with van der Waals surface area (Å²) in [6.45, 7) is 1.66. The van der Waals surface area contributed by atoms with Gasteiger partial charge in [-0.3, -0.25) is 0 Å². The summed E-state index contributed by atoms with van der Waals surface area (Å²) in [6, 6.07) is 6.78. The molecule has 0 spiro atoms. The van der Waals surface area contributed by atoms with E-state index in [9.17, 15) is 18.0 Å². The van der Waals surface area contributed by atoms with Crippen LogP contribution < -0.4 is 0 Å². The largest absolute Gasteiger partial charge is 0.478 e. The summed E-state index contributed by atoms with van der Waals surface area (Å²) in [5.41, 5.74) is -0.327. The highest BCUT2D eigenvalue weighted by Crippen LogP contribution is 2.30. The van der Waals surface area contributed by atoms with Crippen LogP contribution in [0.3, 0.4) is 0 Å². The maximum atomic E-state index is 12.4. The second-order valence-corrected chi connectivity index (χ2v) is 5.23. The molecule has 2 rings (SSSR count). The van der Waals surface area contributed by atoms with Crippen LogP contribution in [0.1, 0.15) is 21.6 Å². The third kappa shape index (κ3) is 3.72. The zero-order chi connectivity index (χ0) is 15.6. The molecule has 1 aromatic carbocycles. The number of alkyl halides is 3. The van der Waals surface area contributed by atoms with Crippen LogP contribution in [0.25, 0.3) is 0 Å². The van der Waals surface area contributed by atoms with Crippen LogP contribution in [-0.4, -0.2) is 21.3 Å². The Kier molecular flexibility index (Phi) is 4.17. The number of aromatic nitrogens is 2. The molecule has 1 aromatic heterocycles. The Morgan fingerprint density at radius 1 is 1.19 bits per heavy atom. The molecular weight excluding hydrogens is 305 g/mol. The molecule has 0 aliphatic heterocycles. The van der Waals surface area contributed by atoms with E-state index in [4.69, 9.17) is 5.11 Å². The number of hydrogen-bond acceptors (Lipinski definition) is 4. The lowest BCUT2D eigenvalue weighted by Gasteiger charge is -2.06. The molecule has 1 heterocycles. The molecule has 2 aromatic rings. The minimum Gasteiger partial charge on any atom is -0.478 e. The van der Waals surface area contributed by atoms with E-state index in [1.165, 1.54) is 12.1 Å². The number of rotatable bonds is 3. The molecule has 4 nitrogen and oxygen atoms in total. The Balaban J connectivity index is 2.22. The average molecular weight is 314 g/mol. The van der Waals surface area contributed by atoms with Crippen LogP contribution >= 0.6 is 11.8 Å². The Labute approximate surface area is 122 Å². The lowest BCUT2D eigenvalue weighted by molar-refractivity contribution is -0.141. The van der Waals surface area contributed by atoms with E-state index >= 15 is 0 Å². The van der Waals surface area contributed by atoms with Crippen molar-refractivity contribution >= 4 is 17.7 Å². The summed E-state index contributed by atoms with van der Waals surface area (Å²) < 4.78 is 37.1. The summed E-state index contributed by atoms with van der Waals surface area (Å²) in [7, 11) is 0. The lowest BCUT2D eigenvalue weighted by atomic mass is 10.1. The minimum absolute atomic E-state index is 0.139. The van der Waals surface area contributed by atoms with Gasteiger partial charge in [-0.25, -0.2) is 4.79 Å². The number of hydrogen-bond donors (Lipinski definition) is 1. The number of benzene rings is 1. The van der Waals surface area contributed by atoms with Gasteiger partial charge >= 0.3 is 12.1 Å². The molecule has 21 heavy (non-hydrogen) atoms. The third-order valence-electron chi connectivity index (χ3n) is 2.59. The van der Waals surface area contributed by atoms with Crippen LogP contribution in [-0.2, 0) is 6.18 Å². The Bertz CT molecular complexity index is 672. The molecule has 0 atom stereocenters. The molecule has 1 N–H and O–H groups in total. The maximum absolute atomic E-state index is 12.4. The summed E-state index contributed by atoms with van der Waals surface area (Å²) in [6.07, 6.45) is -4.53. The van der Waals surface area contributed by atoms with Crippen molar-refractivity contribution < 1.29 is 23.1 Å². The Hall–Kier alpha value is -2.09. The fraction of sp³-hybridized carbons (Fsp3) is 0.154. The van der Waals surface area contributed by atoms with Gasteiger partial charge in [-0.05, 0) is 36.8 Å². The molecule has 0 aliphatic rings. The first kappa shape index (κ1) is 15.3. The summed E-state index contributed by atoms with van der Waals surface area (Å²) in [5, 5.41) is 15.9. The van der Waals surface area contributed by atoms with Crippen LogP contribution in [0.2, 0.25) is 0 Å². The molecule has 0 saturated heterocycles. The van der Waals surface area contributed by atoms with Crippen molar-refractivity contribution in [1.82, 2.24) is 10.2 Å². The maximum Gasteiger partial charge on any atom is 0.435 e. The van der Waals surface area contributed by atoms with Gasteiger partial charge in [0.05, 0.1) is 5.56 Å². The molecule has 0 aliphatic carbocycles. The van der Waals surface area contributed by atoms with E-state index in [0.29, 0.717) is 10.5 Å². The van der Waals surface area contributed by atoms with Crippen molar-refractivity contribution in [2.75, 3.05) is 0 Å². The van der Waals surface area contributed by atoms with Gasteiger partial charge in [0.25, 0.3) is 0 Å². The van der Waals surface area contributed by atoms with Gasteiger partial charge in [0.1, 0.15) is 5.03 Å². The van der Waals surface area contributed by atoms with Gasteiger partial charge < -0.3 is 5.11 Å². The van der Waals surface area contributed by atoms with Crippen molar-refractivity contribution in [3.8, 4) is 0 Å². The summed E-state index contributed by atoms with van der Waals surface area (Å²) >= 11 is 1.04. The topological polar surface area (TPSA) is 63.1 Å². The van der Waals surface area contributed by atoms with Crippen molar-refractivity contribution in [2.45, 2.75) is 23.0 Å². The highest BCUT2D eigenvalue weighted by Gasteiger charge is 2.32. The predicted molar refractivity (Wildman–Crippen MR) is 69.3 cm³/mol. The predicted octanol–water partition coefficient (Wildman–Crippen LogP) is 3.65. The first-order valence-electron chi connectivity index (χ1n) is 5.70. The standard InChI is InChI=1S/C13H9F3N2O2S/c1-7-2-3-8(6-9(7)12(19)20)21-11-5-4-10(17-18-11)13(14,15)16/h2-6H,1H3,(H,19,20). The molecule has 0 bridgehead atoms. The van der Waals surface area contributed by atoms with Crippen LogP contribution in [0.5, 0.6) is 0 Å². The van der Waals surface area contributed by atoms with Crippen molar-refractivity contribution in [3.63, 3.8) is 0 Å². The van der Waals surface area contributed by atoms with Gasteiger partial charge in [0.15, 0.2) is 5.69 Å². The van der Waals surface area contributed by atoms with Gasteiger partial charge in [-0.1, -0.05) is 17.8 Å². The number of nitrogens with zero attached hydrogens (tertiary/aromatic N) is 2. The highest BCUT2D eigenvalue weighted by atomic mass is 32.2. The smallest absolute Gasteiger partial charge is 0.435 e. The first-order chi connectivity index (χ1) is 9.77. The minimum atomic E-state index is -4.53. The summed E-state index contributed by atoms with van der Waals surface area (Å²) in [5.74, 6) is -1.06. The zero-order valence-electron chi connectivity index (χ0n) is 10.7. The Morgan fingerprint density at radius 2 is 1.90 bits per heavy atom. The number of aromatic carboxylic acids is 1. The van der Waals surface area contributed by atoms with Crippen LogP contribution in [0, 0.1) is 6.92 Å². The van der Waals surface area contributed by atoms with Crippen molar-refractivity contribution in [2.24, 2.45) is 0 Å². The monoisotopic (exact) mass is 314 g/mol. The van der Waals surface area contributed by atoms with Gasteiger partial charge in [-0.15, -0.1) is 10.2 Å². The number of halogens is 3. The normalized spacial score (nSPS) is 11.4. The molecule has 0 saturated carbocycles. The fourth-order valence-electron chi connectivity index (χ4n) is 1.54. The number of carboxylic acids is 1. The van der Waals surface area contributed by atoms with Crippen LogP contribution in [0.4, 0.5) is 13.2 Å². The zero-order valence-corrected chi connectivity index (χ0v) is 11.5. The van der Waals surface area contributed by atoms with E-state index in [-0.39, 0.29) is 10.6 Å². The first-order valence-corrected chi connectivity index (χ1v) is 6.52. The third-order valence-corrected chi connectivity index (χ3v) is 3.51.